The third kappa shape index (κ3) is 3.59. The lowest BCUT2D eigenvalue weighted by atomic mass is 10.1. The van der Waals surface area contributed by atoms with Crippen molar-refractivity contribution in [2.75, 3.05) is 14.2 Å². The lowest BCUT2D eigenvalue weighted by molar-refractivity contribution is 0.225. The van der Waals surface area contributed by atoms with Gasteiger partial charge in [0.1, 0.15) is 34.5 Å². The fraction of sp³-hybridized carbons (Fsp3) is 0.148. The molecule has 0 bridgehead atoms. The molecule has 0 spiro atoms. The van der Waals surface area contributed by atoms with Gasteiger partial charge in [-0.3, -0.25) is 0 Å². The molecule has 1 N–H and O–H groups in total. The minimum atomic E-state index is -0.0343. The van der Waals surface area contributed by atoms with E-state index >= 15 is 0 Å². The molecule has 3 aromatic rings. The van der Waals surface area contributed by atoms with Gasteiger partial charge < -0.3 is 23.9 Å². The number of nitrogens with one attached hydrogen (secondary N) is 1. The van der Waals surface area contributed by atoms with Crippen LogP contribution >= 0.6 is 0 Å². The maximum atomic E-state index is 6.15. The standard InChI is InChI=1S/C27H22N2O4/c1-30-20-7-3-16(4-8-20)24-14-22-26(32-24)12-18(28-22)11-19-13-27-23(29-19)15-25(33-27)17-5-9-21(31-2)10-6-17/h3-15,22,26,28H,1-2H3/b19-11-. The van der Waals surface area contributed by atoms with Gasteiger partial charge in [0.05, 0.1) is 26.0 Å². The maximum Gasteiger partial charge on any atom is 0.155 e. The van der Waals surface area contributed by atoms with Crippen LogP contribution in [-0.4, -0.2) is 26.4 Å². The summed E-state index contributed by atoms with van der Waals surface area (Å²) < 4.78 is 22.6. The van der Waals surface area contributed by atoms with E-state index in [-0.39, 0.29) is 12.1 Å². The molecule has 0 amide bonds. The maximum absolute atomic E-state index is 6.15. The van der Waals surface area contributed by atoms with E-state index in [9.17, 15) is 0 Å². The van der Waals surface area contributed by atoms with Crippen molar-refractivity contribution in [1.82, 2.24) is 5.32 Å². The molecule has 0 fully saturated rings. The van der Waals surface area contributed by atoms with Crippen molar-refractivity contribution < 1.29 is 18.6 Å². The van der Waals surface area contributed by atoms with Gasteiger partial charge >= 0.3 is 0 Å². The monoisotopic (exact) mass is 438 g/mol. The molecule has 3 aliphatic heterocycles. The van der Waals surface area contributed by atoms with Crippen LogP contribution in [0.1, 0.15) is 5.56 Å². The summed E-state index contributed by atoms with van der Waals surface area (Å²) in [5.74, 6) is 3.32. The van der Waals surface area contributed by atoms with Gasteiger partial charge in [-0.2, -0.15) is 0 Å². The topological polar surface area (TPSA) is 65.2 Å². The minimum Gasteiger partial charge on any atom is -0.497 e. The Hall–Kier alpha value is -4.19. The predicted molar refractivity (Wildman–Crippen MR) is 125 cm³/mol. The van der Waals surface area contributed by atoms with Gasteiger partial charge in [0, 0.05) is 29.0 Å². The minimum absolute atomic E-state index is 0.0343. The summed E-state index contributed by atoms with van der Waals surface area (Å²) in [7, 11) is 3.32. The first kappa shape index (κ1) is 19.5. The number of rotatable bonds is 5. The Balaban J connectivity index is 1.16. The molecular weight excluding hydrogens is 416 g/mol. The first-order chi connectivity index (χ1) is 16.2. The van der Waals surface area contributed by atoms with E-state index < -0.39 is 0 Å². The van der Waals surface area contributed by atoms with Crippen LogP contribution in [0.2, 0.25) is 0 Å². The van der Waals surface area contributed by atoms with Crippen LogP contribution < -0.4 is 25.6 Å². The number of methoxy groups -OCH3 is 2. The first-order valence-corrected chi connectivity index (χ1v) is 10.8. The van der Waals surface area contributed by atoms with Crippen molar-refractivity contribution in [1.29, 1.82) is 0 Å². The molecule has 6 nitrogen and oxygen atoms in total. The molecule has 1 aromatic heterocycles. The Morgan fingerprint density at radius 3 is 2.24 bits per heavy atom. The smallest absolute Gasteiger partial charge is 0.155 e. The van der Waals surface area contributed by atoms with E-state index in [2.05, 4.69) is 17.5 Å². The Bertz CT molecular complexity index is 1390. The van der Waals surface area contributed by atoms with Crippen molar-refractivity contribution >= 4 is 11.8 Å². The zero-order chi connectivity index (χ0) is 22.4. The molecular formula is C27H22N2O4. The summed E-state index contributed by atoms with van der Waals surface area (Å²) in [4.78, 5) is 4.71. The van der Waals surface area contributed by atoms with Gasteiger partial charge in [-0.25, -0.2) is 4.99 Å². The Morgan fingerprint density at radius 2 is 1.61 bits per heavy atom. The molecule has 6 rings (SSSR count). The average molecular weight is 438 g/mol. The van der Waals surface area contributed by atoms with Gasteiger partial charge in [0.2, 0.25) is 0 Å². The molecule has 0 radical (unpaired) electrons. The summed E-state index contributed by atoms with van der Waals surface area (Å²) in [5.41, 5.74) is 4.64. The third-order valence-electron chi connectivity index (χ3n) is 5.95. The molecule has 164 valence electrons. The SMILES string of the molecule is COc1ccc(C2=CC3NC(/C=C4/C=c5oc(-c6ccc(OC)cc6)cc5=N4)=CC3O2)cc1. The Labute approximate surface area is 190 Å². The van der Waals surface area contributed by atoms with Crippen molar-refractivity contribution in [3.63, 3.8) is 0 Å². The molecule has 3 aliphatic rings. The van der Waals surface area contributed by atoms with Crippen LogP contribution in [0.4, 0.5) is 0 Å². The highest BCUT2D eigenvalue weighted by Crippen LogP contribution is 2.32. The number of furan rings is 1. The van der Waals surface area contributed by atoms with Crippen LogP contribution in [0.25, 0.3) is 23.2 Å². The molecule has 2 aromatic carbocycles. The van der Waals surface area contributed by atoms with Crippen molar-refractivity contribution in [2.24, 2.45) is 4.99 Å². The molecule has 0 saturated heterocycles. The highest BCUT2D eigenvalue weighted by molar-refractivity contribution is 5.65. The highest BCUT2D eigenvalue weighted by Gasteiger charge is 2.33. The van der Waals surface area contributed by atoms with Gasteiger partial charge in [0.15, 0.2) is 5.42 Å². The van der Waals surface area contributed by atoms with Crippen LogP contribution in [0.5, 0.6) is 11.5 Å². The van der Waals surface area contributed by atoms with Gasteiger partial charge in [-0.05, 0) is 66.8 Å². The molecule has 0 aliphatic carbocycles. The first-order valence-electron chi connectivity index (χ1n) is 10.8. The van der Waals surface area contributed by atoms with Crippen molar-refractivity contribution in [2.45, 2.75) is 12.1 Å². The summed E-state index contributed by atoms with van der Waals surface area (Å²) >= 11 is 0. The number of nitrogens with zero attached hydrogens (tertiary/aromatic N) is 1. The lowest BCUT2D eigenvalue weighted by Crippen LogP contribution is -2.26. The summed E-state index contributed by atoms with van der Waals surface area (Å²) in [6.45, 7) is 0. The summed E-state index contributed by atoms with van der Waals surface area (Å²) in [5, 5.41) is 4.34. The van der Waals surface area contributed by atoms with Crippen molar-refractivity contribution in [3.8, 4) is 22.8 Å². The van der Waals surface area contributed by atoms with E-state index in [1.54, 1.807) is 14.2 Å². The normalized spacial score (nSPS) is 21.2. The zero-order valence-electron chi connectivity index (χ0n) is 18.2. The molecule has 6 heteroatoms. The molecule has 2 atom stereocenters. The fourth-order valence-corrected chi connectivity index (χ4v) is 4.23. The number of benzene rings is 2. The van der Waals surface area contributed by atoms with Gasteiger partial charge in [0.25, 0.3) is 0 Å². The number of hydrogen-bond acceptors (Lipinski definition) is 6. The van der Waals surface area contributed by atoms with Crippen LogP contribution in [-0.2, 0) is 4.74 Å². The fourth-order valence-electron chi connectivity index (χ4n) is 4.23. The van der Waals surface area contributed by atoms with Gasteiger partial charge in [-0.15, -0.1) is 0 Å². The van der Waals surface area contributed by atoms with E-state index in [0.29, 0.717) is 0 Å². The Morgan fingerprint density at radius 1 is 0.909 bits per heavy atom. The summed E-state index contributed by atoms with van der Waals surface area (Å²) in [6.07, 6.45) is 8.16. The second-order valence-corrected chi connectivity index (χ2v) is 8.05. The van der Waals surface area contributed by atoms with Crippen molar-refractivity contribution in [3.05, 3.63) is 101 Å². The van der Waals surface area contributed by atoms with E-state index in [4.69, 9.17) is 23.6 Å². The zero-order valence-corrected chi connectivity index (χ0v) is 18.2. The Kier molecular flexibility index (Phi) is 4.57. The highest BCUT2D eigenvalue weighted by atomic mass is 16.5. The average Bonchev–Trinajstić information content (AvgIpc) is 3.59. The van der Waals surface area contributed by atoms with Crippen LogP contribution in [0.3, 0.4) is 0 Å². The molecule has 33 heavy (non-hydrogen) atoms. The second kappa shape index (κ2) is 7.74. The predicted octanol–water partition coefficient (Wildman–Crippen LogP) is 3.56. The molecule has 4 heterocycles. The van der Waals surface area contributed by atoms with E-state index in [1.165, 1.54) is 0 Å². The number of ether oxygens (including phenoxy) is 3. The number of fused-ring (bicyclic) bond motifs is 2. The second-order valence-electron chi connectivity index (χ2n) is 8.05. The van der Waals surface area contributed by atoms with Gasteiger partial charge in [-0.1, -0.05) is 0 Å². The third-order valence-corrected chi connectivity index (χ3v) is 5.95. The lowest BCUT2D eigenvalue weighted by Gasteiger charge is -2.10. The molecule has 2 unspecified atom stereocenters. The summed E-state index contributed by atoms with van der Waals surface area (Å²) in [6, 6.07) is 17.7. The quantitative estimate of drug-likeness (QED) is 0.660. The van der Waals surface area contributed by atoms with E-state index in [0.717, 1.165) is 56.3 Å². The van der Waals surface area contributed by atoms with Crippen LogP contribution in [0.15, 0.2) is 93.6 Å². The van der Waals surface area contributed by atoms with E-state index in [1.807, 2.05) is 66.7 Å². The number of hydrogen-bond donors (Lipinski definition) is 1. The largest absolute Gasteiger partial charge is 0.497 e. The van der Waals surface area contributed by atoms with Crippen LogP contribution in [0, 0.1) is 0 Å². The molecule has 0 saturated carbocycles. The number of allylic oxidation sites excluding steroid dienone is 2.